The summed E-state index contributed by atoms with van der Waals surface area (Å²) in [4.78, 5) is 0.0420. The van der Waals surface area contributed by atoms with Crippen molar-refractivity contribution in [2.24, 2.45) is 7.05 Å². The molecule has 0 aliphatic heterocycles. The highest BCUT2D eigenvalue weighted by Crippen LogP contribution is 2.31. The van der Waals surface area contributed by atoms with Gasteiger partial charge in [0.25, 0.3) is 9.05 Å². The number of halogens is 1. The van der Waals surface area contributed by atoms with E-state index in [4.69, 9.17) is 15.4 Å². The largest absolute Gasteiger partial charge is 0.496 e. The van der Waals surface area contributed by atoms with Crippen molar-refractivity contribution in [3.05, 3.63) is 24.4 Å². The standard InChI is InChI=1S/C10H10ClNO3S/c1-12-4-3-8-9(12)5-7(16(11,13)14)6-10(8)15-2/h3-6H,1-2H3. The van der Waals surface area contributed by atoms with Crippen LogP contribution in [0, 0.1) is 0 Å². The molecule has 2 rings (SSSR count). The summed E-state index contributed by atoms with van der Waals surface area (Å²) in [5.41, 5.74) is 0.763. The zero-order chi connectivity index (χ0) is 11.9. The number of ether oxygens (including phenoxy) is 1. The van der Waals surface area contributed by atoms with E-state index >= 15 is 0 Å². The number of nitrogens with zero attached hydrogens (tertiary/aromatic N) is 1. The average molecular weight is 260 g/mol. The summed E-state index contributed by atoms with van der Waals surface area (Å²) in [5.74, 6) is 0.498. The zero-order valence-electron chi connectivity index (χ0n) is 8.77. The van der Waals surface area contributed by atoms with E-state index in [1.54, 1.807) is 0 Å². The van der Waals surface area contributed by atoms with Crippen molar-refractivity contribution >= 4 is 30.6 Å². The second kappa shape index (κ2) is 3.68. The topological polar surface area (TPSA) is 48.3 Å². The maximum absolute atomic E-state index is 11.3. The number of hydrogen-bond acceptors (Lipinski definition) is 3. The third-order valence-corrected chi connectivity index (χ3v) is 3.77. The van der Waals surface area contributed by atoms with Gasteiger partial charge in [0.2, 0.25) is 0 Å². The van der Waals surface area contributed by atoms with E-state index in [-0.39, 0.29) is 4.90 Å². The molecule has 0 radical (unpaired) electrons. The number of aromatic nitrogens is 1. The van der Waals surface area contributed by atoms with E-state index in [1.165, 1.54) is 19.2 Å². The van der Waals surface area contributed by atoms with Crippen molar-refractivity contribution in [1.29, 1.82) is 0 Å². The van der Waals surface area contributed by atoms with Crippen LogP contribution in [0.25, 0.3) is 10.9 Å². The van der Waals surface area contributed by atoms with Crippen molar-refractivity contribution in [2.45, 2.75) is 4.90 Å². The Labute approximate surface area is 97.8 Å². The molecule has 0 N–H and O–H groups in total. The van der Waals surface area contributed by atoms with E-state index in [0.717, 1.165) is 10.9 Å². The minimum Gasteiger partial charge on any atom is -0.496 e. The van der Waals surface area contributed by atoms with Crippen molar-refractivity contribution < 1.29 is 13.2 Å². The lowest BCUT2D eigenvalue weighted by atomic mass is 10.2. The molecule has 0 fully saturated rings. The first kappa shape index (κ1) is 11.3. The molecular weight excluding hydrogens is 250 g/mol. The molecule has 0 spiro atoms. The summed E-state index contributed by atoms with van der Waals surface area (Å²) in [5, 5.41) is 0.856. The molecule has 0 bridgehead atoms. The van der Waals surface area contributed by atoms with Crippen LogP contribution in [0.15, 0.2) is 29.3 Å². The van der Waals surface area contributed by atoms with E-state index in [0.29, 0.717) is 5.75 Å². The quantitative estimate of drug-likeness (QED) is 0.776. The van der Waals surface area contributed by atoms with Crippen molar-refractivity contribution in [1.82, 2.24) is 4.57 Å². The average Bonchev–Trinajstić information content (AvgIpc) is 2.58. The van der Waals surface area contributed by atoms with Crippen molar-refractivity contribution in [3.8, 4) is 5.75 Å². The molecular formula is C10H10ClNO3S. The highest BCUT2D eigenvalue weighted by Gasteiger charge is 2.15. The first-order valence-electron chi connectivity index (χ1n) is 4.51. The Morgan fingerprint density at radius 3 is 2.62 bits per heavy atom. The van der Waals surface area contributed by atoms with E-state index in [2.05, 4.69) is 0 Å². The number of aryl methyl sites for hydroxylation is 1. The molecule has 1 heterocycles. The van der Waals surface area contributed by atoms with Gasteiger partial charge in [0.05, 0.1) is 17.5 Å². The molecule has 2 aromatic rings. The fourth-order valence-corrected chi connectivity index (χ4v) is 2.39. The highest BCUT2D eigenvalue weighted by molar-refractivity contribution is 8.13. The molecule has 0 amide bonds. The van der Waals surface area contributed by atoms with Crippen LogP contribution < -0.4 is 4.74 Å². The van der Waals surface area contributed by atoms with Crippen molar-refractivity contribution in [2.75, 3.05) is 7.11 Å². The van der Waals surface area contributed by atoms with Crippen LogP contribution >= 0.6 is 10.7 Å². The minimum atomic E-state index is -3.74. The SMILES string of the molecule is COc1cc(S(=O)(=O)Cl)cc2c1ccn2C. The Kier molecular flexibility index (Phi) is 2.59. The molecule has 1 aromatic carbocycles. The predicted molar refractivity (Wildman–Crippen MR) is 62.5 cm³/mol. The molecule has 1 aromatic heterocycles. The van der Waals surface area contributed by atoms with Gasteiger partial charge in [-0.25, -0.2) is 8.42 Å². The van der Waals surface area contributed by atoms with Gasteiger partial charge in [0.1, 0.15) is 5.75 Å². The molecule has 6 heteroatoms. The van der Waals surface area contributed by atoms with Gasteiger partial charge in [0.15, 0.2) is 0 Å². The molecule has 0 unspecified atom stereocenters. The fourth-order valence-electron chi connectivity index (χ4n) is 1.62. The van der Waals surface area contributed by atoms with Gasteiger partial charge in [-0.2, -0.15) is 0 Å². The molecule has 0 saturated carbocycles. The fraction of sp³-hybridized carbons (Fsp3) is 0.200. The van der Waals surface area contributed by atoms with Crippen LogP contribution in [-0.2, 0) is 16.1 Å². The van der Waals surface area contributed by atoms with E-state index < -0.39 is 9.05 Å². The molecule has 0 saturated heterocycles. The Balaban J connectivity index is 2.86. The van der Waals surface area contributed by atoms with Gasteiger partial charge in [-0.05, 0) is 12.1 Å². The maximum atomic E-state index is 11.3. The normalized spacial score (nSPS) is 11.9. The third-order valence-electron chi connectivity index (χ3n) is 2.44. The summed E-state index contributed by atoms with van der Waals surface area (Å²) in [6, 6.07) is 4.81. The first-order chi connectivity index (χ1) is 7.43. The molecule has 4 nitrogen and oxygen atoms in total. The molecule has 0 aliphatic rings. The van der Waals surface area contributed by atoms with Crippen LogP contribution in [0.2, 0.25) is 0 Å². The van der Waals surface area contributed by atoms with Gasteiger partial charge in [-0.1, -0.05) is 0 Å². The van der Waals surface area contributed by atoms with Gasteiger partial charge < -0.3 is 9.30 Å². The number of fused-ring (bicyclic) bond motifs is 1. The monoisotopic (exact) mass is 259 g/mol. The molecule has 0 atom stereocenters. The lowest BCUT2D eigenvalue weighted by molar-refractivity contribution is 0.418. The van der Waals surface area contributed by atoms with E-state index in [9.17, 15) is 8.42 Å². The Bertz CT molecular complexity index is 645. The van der Waals surface area contributed by atoms with Crippen LogP contribution in [0.1, 0.15) is 0 Å². The Morgan fingerprint density at radius 2 is 2.06 bits per heavy atom. The van der Waals surface area contributed by atoms with Crippen LogP contribution in [0.3, 0.4) is 0 Å². The minimum absolute atomic E-state index is 0.0420. The van der Waals surface area contributed by atoms with E-state index in [1.807, 2.05) is 23.9 Å². The highest BCUT2D eigenvalue weighted by atomic mass is 35.7. The summed E-state index contributed by atoms with van der Waals surface area (Å²) < 4.78 is 29.5. The van der Waals surface area contributed by atoms with Crippen LogP contribution in [0.4, 0.5) is 0 Å². The number of methoxy groups -OCH3 is 1. The van der Waals surface area contributed by atoms with Gasteiger partial charge in [-0.3, -0.25) is 0 Å². The van der Waals surface area contributed by atoms with Gasteiger partial charge in [-0.15, -0.1) is 0 Å². The summed E-state index contributed by atoms with van der Waals surface area (Å²) in [6.45, 7) is 0. The summed E-state index contributed by atoms with van der Waals surface area (Å²) in [6.07, 6.45) is 1.83. The maximum Gasteiger partial charge on any atom is 0.261 e. The summed E-state index contributed by atoms with van der Waals surface area (Å²) >= 11 is 0. The second-order valence-electron chi connectivity index (χ2n) is 3.42. The lowest BCUT2D eigenvalue weighted by Gasteiger charge is -2.05. The number of benzene rings is 1. The van der Waals surface area contributed by atoms with Gasteiger partial charge >= 0.3 is 0 Å². The van der Waals surface area contributed by atoms with Crippen LogP contribution in [-0.4, -0.2) is 20.1 Å². The number of rotatable bonds is 2. The molecule has 0 aliphatic carbocycles. The lowest BCUT2D eigenvalue weighted by Crippen LogP contribution is -1.94. The zero-order valence-corrected chi connectivity index (χ0v) is 10.3. The second-order valence-corrected chi connectivity index (χ2v) is 5.99. The first-order valence-corrected chi connectivity index (χ1v) is 6.82. The Hall–Kier alpha value is -1.20. The molecule has 16 heavy (non-hydrogen) atoms. The van der Waals surface area contributed by atoms with Gasteiger partial charge in [0, 0.05) is 35.4 Å². The van der Waals surface area contributed by atoms with Crippen LogP contribution in [0.5, 0.6) is 5.75 Å². The number of hydrogen-bond donors (Lipinski definition) is 0. The van der Waals surface area contributed by atoms with Crippen molar-refractivity contribution in [3.63, 3.8) is 0 Å². The Morgan fingerprint density at radius 1 is 1.38 bits per heavy atom. The summed E-state index contributed by atoms with van der Waals surface area (Å²) in [7, 11) is 4.89. The predicted octanol–water partition coefficient (Wildman–Crippen LogP) is 2.11. The smallest absolute Gasteiger partial charge is 0.261 e. The third kappa shape index (κ3) is 1.76. The molecule has 86 valence electrons.